The number of rotatable bonds is 3. The third kappa shape index (κ3) is 4.26. The molecule has 2 atom stereocenters. The molecular formula is C15H30N2. The van der Waals surface area contributed by atoms with Crippen molar-refractivity contribution >= 4 is 0 Å². The number of nitrogens with one attached hydrogen (secondary N) is 1. The molecule has 2 rings (SSSR count). The van der Waals surface area contributed by atoms with Crippen LogP contribution in [0.2, 0.25) is 0 Å². The van der Waals surface area contributed by atoms with Crippen LogP contribution in [-0.4, -0.2) is 37.1 Å². The van der Waals surface area contributed by atoms with E-state index in [0.29, 0.717) is 0 Å². The average molecular weight is 238 g/mol. The number of hydrogen-bond acceptors (Lipinski definition) is 2. The molecule has 2 heteroatoms. The molecule has 0 spiro atoms. The lowest BCUT2D eigenvalue weighted by Crippen LogP contribution is -2.42. The van der Waals surface area contributed by atoms with Crippen LogP contribution in [0.3, 0.4) is 0 Å². The Kier molecular flexibility index (Phi) is 5.30. The van der Waals surface area contributed by atoms with Crippen LogP contribution in [0, 0.1) is 5.92 Å². The second-order valence-corrected chi connectivity index (χ2v) is 6.33. The van der Waals surface area contributed by atoms with Gasteiger partial charge in [-0.05, 0) is 52.1 Å². The Hall–Kier alpha value is -0.0800. The normalized spacial score (nSPS) is 32.6. The van der Waals surface area contributed by atoms with Crippen LogP contribution in [0.25, 0.3) is 0 Å². The van der Waals surface area contributed by atoms with E-state index < -0.39 is 0 Å². The Bertz CT molecular complexity index is 209. The van der Waals surface area contributed by atoms with Gasteiger partial charge < -0.3 is 10.2 Å². The van der Waals surface area contributed by atoms with Crippen molar-refractivity contribution in [3.05, 3.63) is 0 Å². The highest BCUT2D eigenvalue weighted by atomic mass is 15.1. The highest BCUT2D eigenvalue weighted by molar-refractivity contribution is 4.80. The Morgan fingerprint density at radius 2 is 1.76 bits per heavy atom. The zero-order valence-electron chi connectivity index (χ0n) is 11.8. The Labute approximate surface area is 107 Å². The standard InChI is InChI=1S/C15H30N2/c1-13-11-14(9-10-16-13)12-17(2)15-7-5-3-4-6-8-15/h13-16H,3-12H2,1-2H3. The van der Waals surface area contributed by atoms with E-state index in [0.717, 1.165) is 18.0 Å². The van der Waals surface area contributed by atoms with Crippen LogP contribution in [0.4, 0.5) is 0 Å². The molecule has 2 nitrogen and oxygen atoms in total. The Balaban J connectivity index is 1.76. The van der Waals surface area contributed by atoms with Crippen molar-refractivity contribution in [3.63, 3.8) is 0 Å². The highest BCUT2D eigenvalue weighted by Crippen LogP contribution is 2.24. The van der Waals surface area contributed by atoms with Gasteiger partial charge in [0.1, 0.15) is 0 Å². The van der Waals surface area contributed by atoms with Gasteiger partial charge in [0.05, 0.1) is 0 Å². The number of nitrogens with zero attached hydrogens (tertiary/aromatic N) is 1. The minimum atomic E-state index is 0.733. The molecule has 17 heavy (non-hydrogen) atoms. The monoisotopic (exact) mass is 238 g/mol. The van der Waals surface area contributed by atoms with Crippen LogP contribution in [0.15, 0.2) is 0 Å². The fourth-order valence-corrected chi connectivity index (χ4v) is 3.66. The van der Waals surface area contributed by atoms with Gasteiger partial charge in [-0.25, -0.2) is 0 Å². The van der Waals surface area contributed by atoms with Crippen molar-refractivity contribution in [3.8, 4) is 0 Å². The molecular weight excluding hydrogens is 208 g/mol. The van der Waals surface area contributed by atoms with Gasteiger partial charge in [0.2, 0.25) is 0 Å². The molecule has 0 radical (unpaired) electrons. The fraction of sp³-hybridized carbons (Fsp3) is 1.00. The van der Waals surface area contributed by atoms with Crippen LogP contribution in [-0.2, 0) is 0 Å². The van der Waals surface area contributed by atoms with Crippen molar-refractivity contribution in [2.75, 3.05) is 20.1 Å². The molecule has 2 unspecified atom stereocenters. The van der Waals surface area contributed by atoms with Gasteiger partial charge in [-0.1, -0.05) is 25.7 Å². The lowest BCUT2D eigenvalue weighted by Gasteiger charge is -2.34. The number of piperidine rings is 1. The Morgan fingerprint density at radius 3 is 2.41 bits per heavy atom. The van der Waals surface area contributed by atoms with Gasteiger partial charge >= 0.3 is 0 Å². The molecule has 0 aromatic rings. The zero-order chi connectivity index (χ0) is 12.1. The first-order valence-corrected chi connectivity index (χ1v) is 7.69. The summed E-state index contributed by atoms with van der Waals surface area (Å²) in [5, 5.41) is 3.56. The first-order chi connectivity index (χ1) is 8.25. The summed E-state index contributed by atoms with van der Waals surface area (Å²) in [6.07, 6.45) is 11.5. The van der Waals surface area contributed by atoms with E-state index in [1.54, 1.807) is 0 Å². The topological polar surface area (TPSA) is 15.3 Å². The van der Waals surface area contributed by atoms with E-state index in [1.165, 1.54) is 64.5 Å². The van der Waals surface area contributed by atoms with Crippen molar-refractivity contribution in [1.29, 1.82) is 0 Å². The van der Waals surface area contributed by atoms with Crippen LogP contribution in [0.5, 0.6) is 0 Å². The zero-order valence-corrected chi connectivity index (χ0v) is 11.8. The van der Waals surface area contributed by atoms with Gasteiger partial charge in [-0.2, -0.15) is 0 Å². The summed E-state index contributed by atoms with van der Waals surface area (Å²) in [6, 6.07) is 1.61. The van der Waals surface area contributed by atoms with Crippen LogP contribution >= 0.6 is 0 Å². The first kappa shape index (κ1) is 13.4. The van der Waals surface area contributed by atoms with E-state index in [-0.39, 0.29) is 0 Å². The minimum absolute atomic E-state index is 0.733. The molecule has 2 aliphatic rings. The maximum absolute atomic E-state index is 3.56. The molecule has 1 aliphatic carbocycles. The van der Waals surface area contributed by atoms with E-state index in [1.807, 2.05) is 0 Å². The molecule has 1 aliphatic heterocycles. The third-order valence-corrected chi connectivity index (χ3v) is 4.73. The summed E-state index contributed by atoms with van der Waals surface area (Å²) in [5.74, 6) is 0.930. The smallest absolute Gasteiger partial charge is 0.00923 e. The summed E-state index contributed by atoms with van der Waals surface area (Å²) in [4.78, 5) is 2.67. The molecule has 1 saturated carbocycles. The fourth-order valence-electron chi connectivity index (χ4n) is 3.66. The summed E-state index contributed by atoms with van der Waals surface area (Å²) < 4.78 is 0. The largest absolute Gasteiger partial charge is 0.314 e. The van der Waals surface area contributed by atoms with Crippen LogP contribution in [0.1, 0.15) is 58.3 Å². The van der Waals surface area contributed by atoms with Gasteiger partial charge in [0, 0.05) is 18.6 Å². The van der Waals surface area contributed by atoms with Crippen molar-refractivity contribution in [1.82, 2.24) is 10.2 Å². The van der Waals surface area contributed by atoms with Gasteiger partial charge in [-0.3, -0.25) is 0 Å². The molecule has 0 aromatic heterocycles. The average Bonchev–Trinajstić information content (AvgIpc) is 2.57. The van der Waals surface area contributed by atoms with Crippen LogP contribution < -0.4 is 5.32 Å². The van der Waals surface area contributed by atoms with Gasteiger partial charge in [0.15, 0.2) is 0 Å². The molecule has 0 bridgehead atoms. The molecule has 2 fully saturated rings. The van der Waals surface area contributed by atoms with Gasteiger partial charge in [0.25, 0.3) is 0 Å². The third-order valence-electron chi connectivity index (χ3n) is 4.73. The quantitative estimate of drug-likeness (QED) is 0.760. The second-order valence-electron chi connectivity index (χ2n) is 6.33. The summed E-state index contributed by atoms with van der Waals surface area (Å²) in [6.45, 7) is 4.89. The summed E-state index contributed by atoms with van der Waals surface area (Å²) >= 11 is 0. The van der Waals surface area contributed by atoms with Crippen molar-refractivity contribution in [2.24, 2.45) is 5.92 Å². The lowest BCUT2D eigenvalue weighted by atomic mass is 9.92. The predicted octanol–water partition coefficient (Wildman–Crippen LogP) is 3.03. The lowest BCUT2D eigenvalue weighted by molar-refractivity contribution is 0.163. The van der Waals surface area contributed by atoms with E-state index in [9.17, 15) is 0 Å². The molecule has 100 valence electrons. The van der Waals surface area contributed by atoms with Crippen molar-refractivity contribution in [2.45, 2.75) is 70.4 Å². The summed E-state index contributed by atoms with van der Waals surface area (Å²) in [5.41, 5.74) is 0. The first-order valence-electron chi connectivity index (χ1n) is 7.69. The highest BCUT2D eigenvalue weighted by Gasteiger charge is 2.23. The maximum Gasteiger partial charge on any atom is 0.00923 e. The minimum Gasteiger partial charge on any atom is -0.314 e. The maximum atomic E-state index is 3.56. The number of hydrogen-bond donors (Lipinski definition) is 1. The molecule has 1 N–H and O–H groups in total. The predicted molar refractivity (Wildman–Crippen MR) is 74.3 cm³/mol. The van der Waals surface area contributed by atoms with Gasteiger partial charge in [-0.15, -0.1) is 0 Å². The van der Waals surface area contributed by atoms with Crippen molar-refractivity contribution < 1.29 is 0 Å². The second kappa shape index (κ2) is 6.75. The molecule has 1 heterocycles. The van der Waals surface area contributed by atoms with E-state index >= 15 is 0 Å². The van der Waals surface area contributed by atoms with E-state index in [2.05, 4.69) is 24.2 Å². The molecule has 0 aromatic carbocycles. The summed E-state index contributed by atoms with van der Waals surface area (Å²) in [7, 11) is 2.36. The SMILES string of the molecule is CC1CC(CN(C)C2CCCCCC2)CCN1. The Morgan fingerprint density at radius 1 is 1.06 bits per heavy atom. The molecule has 1 saturated heterocycles. The van der Waals surface area contributed by atoms with E-state index in [4.69, 9.17) is 0 Å². The molecule has 0 amide bonds.